The van der Waals surface area contributed by atoms with Crippen molar-refractivity contribution in [3.05, 3.63) is 52.6 Å². The van der Waals surface area contributed by atoms with Crippen LogP contribution >= 0.6 is 11.8 Å². The molecule has 3 aliphatic rings. The van der Waals surface area contributed by atoms with Gasteiger partial charge in [0.05, 0.1) is 5.25 Å². The summed E-state index contributed by atoms with van der Waals surface area (Å²) >= 11 is 1.34. The number of aliphatic hydroxyl groups excluding tert-OH is 2. The SMILES string of the molecule is CCC1([C@@H](SC[C@H](NC(=O)CC[C@H](N)C(=O)O)C(=O)N[C@@H](O)C(=O)O)C2=C3CCC(Cc4ccncc4)=C(CCCO)[C@H]3C(=O)O2)CCCC1. The maximum absolute atomic E-state index is 13.8. The molecule has 2 aliphatic carbocycles. The molecule has 1 saturated carbocycles. The van der Waals surface area contributed by atoms with Crippen molar-refractivity contribution in [3.8, 4) is 0 Å². The highest BCUT2D eigenvalue weighted by molar-refractivity contribution is 8.00. The first-order valence-electron chi connectivity index (χ1n) is 17.2. The molecule has 1 aromatic rings. The summed E-state index contributed by atoms with van der Waals surface area (Å²) in [6.45, 7) is 2.06. The highest BCUT2D eigenvalue weighted by Gasteiger charge is 2.50. The van der Waals surface area contributed by atoms with Gasteiger partial charge in [0.2, 0.25) is 18.0 Å². The van der Waals surface area contributed by atoms with Crippen LogP contribution in [-0.2, 0) is 35.1 Å². The zero-order valence-corrected chi connectivity index (χ0v) is 29.1. The molecule has 0 aromatic carbocycles. The second-order valence-electron chi connectivity index (χ2n) is 13.2. The molecule has 50 heavy (non-hydrogen) atoms. The van der Waals surface area contributed by atoms with E-state index in [4.69, 9.17) is 15.6 Å². The Hall–Kier alpha value is -3.79. The number of aliphatic carboxylic acids is 2. The Labute approximate surface area is 295 Å². The van der Waals surface area contributed by atoms with Crippen LogP contribution in [0.1, 0.15) is 83.1 Å². The van der Waals surface area contributed by atoms with Gasteiger partial charge in [0, 0.05) is 31.2 Å². The third-order valence-electron chi connectivity index (χ3n) is 10.1. The number of cyclic esters (lactones) is 1. The summed E-state index contributed by atoms with van der Waals surface area (Å²) in [5, 5.41) is 42.0. The minimum absolute atomic E-state index is 0.0227. The van der Waals surface area contributed by atoms with Gasteiger partial charge >= 0.3 is 17.9 Å². The highest BCUT2D eigenvalue weighted by atomic mass is 32.2. The largest absolute Gasteiger partial charge is 0.480 e. The van der Waals surface area contributed by atoms with E-state index in [0.29, 0.717) is 37.9 Å². The van der Waals surface area contributed by atoms with E-state index in [1.807, 2.05) is 17.4 Å². The number of carbonyl (C=O) groups excluding carboxylic acids is 3. The number of amides is 2. The van der Waals surface area contributed by atoms with Gasteiger partial charge in [-0.05, 0) is 86.5 Å². The molecule has 1 aliphatic heterocycles. The van der Waals surface area contributed by atoms with Gasteiger partial charge in [-0.15, -0.1) is 11.8 Å². The second kappa shape index (κ2) is 17.9. The summed E-state index contributed by atoms with van der Waals surface area (Å²) in [7, 11) is 0. The molecule has 0 radical (unpaired) electrons. The number of hydrogen-bond acceptors (Lipinski definition) is 11. The van der Waals surface area contributed by atoms with Crippen LogP contribution in [0.2, 0.25) is 0 Å². The van der Waals surface area contributed by atoms with Crippen molar-refractivity contribution in [2.45, 2.75) is 108 Å². The summed E-state index contributed by atoms with van der Waals surface area (Å²) in [6, 6.07) is 1.29. The molecule has 1 aromatic heterocycles. The van der Waals surface area contributed by atoms with E-state index in [9.17, 15) is 39.3 Å². The van der Waals surface area contributed by atoms with Gasteiger partial charge in [-0.25, -0.2) is 4.79 Å². The molecule has 0 bridgehead atoms. The first-order valence-corrected chi connectivity index (χ1v) is 18.2. The second-order valence-corrected chi connectivity index (χ2v) is 14.4. The summed E-state index contributed by atoms with van der Waals surface area (Å²) < 4.78 is 6.21. The standard InChI is InChI=1S/C35H48N4O10S/c1-2-35(13-3-4-14-35)29(50-19-25(30(42)39-31(43)33(46)47)38-26(41)10-9-24(36)32(44)45)28-23-8-7-21(18-20-11-15-37-16-12-20)22(6-5-17-40)27(23)34(48)49-28/h11-12,15-16,24-25,27,29,31,40,43H,2-10,13-14,17-19,36H2,1H3,(H,38,41)(H,39,42)(H,44,45)(H,46,47)/t24-,25-,27+,29-,31-/m0/s1. The fourth-order valence-electron chi connectivity index (χ4n) is 7.31. The Bertz CT molecular complexity index is 1480. The predicted molar refractivity (Wildman–Crippen MR) is 183 cm³/mol. The van der Waals surface area contributed by atoms with Gasteiger partial charge in [0.15, 0.2) is 0 Å². The van der Waals surface area contributed by atoms with Crippen LogP contribution in [0.5, 0.6) is 0 Å². The van der Waals surface area contributed by atoms with Crippen molar-refractivity contribution < 1.29 is 49.1 Å². The average molecular weight is 717 g/mol. The zero-order valence-electron chi connectivity index (χ0n) is 28.3. The van der Waals surface area contributed by atoms with Crippen LogP contribution in [0.3, 0.4) is 0 Å². The Balaban J connectivity index is 1.67. The number of pyridine rings is 1. The third kappa shape index (κ3) is 9.50. The number of aliphatic hydroxyl groups is 2. The van der Waals surface area contributed by atoms with Crippen molar-refractivity contribution in [1.82, 2.24) is 15.6 Å². The maximum Gasteiger partial charge on any atom is 0.353 e. The van der Waals surface area contributed by atoms with E-state index < -0.39 is 48.0 Å². The number of carbonyl (C=O) groups is 5. The number of thioether (sulfide) groups is 1. The Morgan fingerprint density at radius 2 is 1.80 bits per heavy atom. The van der Waals surface area contributed by atoms with Crippen LogP contribution in [0.15, 0.2) is 47.0 Å². The number of nitrogens with zero attached hydrogens (tertiary/aromatic N) is 1. The number of hydrogen-bond donors (Lipinski definition) is 7. The van der Waals surface area contributed by atoms with E-state index >= 15 is 0 Å². The Morgan fingerprint density at radius 1 is 1.10 bits per heavy atom. The van der Waals surface area contributed by atoms with Gasteiger partial charge in [0.1, 0.15) is 23.8 Å². The first kappa shape index (κ1) is 39.0. The lowest BCUT2D eigenvalue weighted by Gasteiger charge is -2.38. The molecule has 274 valence electrons. The van der Waals surface area contributed by atoms with E-state index in [1.165, 1.54) is 11.8 Å². The Morgan fingerprint density at radius 3 is 2.42 bits per heavy atom. The summed E-state index contributed by atoms with van der Waals surface area (Å²) in [4.78, 5) is 66.5. The lowest BCUT2D eigenvalue weighted by Crippen LogP contribution is -2.53. The number of aromatic nitrogens is 1. The van der Waals surface area contributed by atoms with Gasteiger partial charge in [-0.2, -0.15) is 0 Å². The lowest BCUT2D eigenvalue weighted by atomic mass is 9.73. The van der Waals surface area contributed by atoms with Crippen LogP contribution < -0.4 is 16.4 Å². The van der Waals surface area contributed by atoms with E-state index in [-0.39, 0.29) is 41.8 Å². The molecule has 0 unspecified atom stereocenters. The molecule has 8 N–H and O–H groups in total. The van der Waals surface area contributed by atoms with Crippen molar-refractivity contribution >= 4 is 41.5 Å². The van der Waals surface area contributed by atoms with Crippen LogP contribution in [0.4, 0.5) is 0 Å². The third-order valence-corrected chi connectivity index (χ3v) is 11.6. The lowest BCUT2D eigenvalue weighted by molar-refractivity contribution is -0.151. The fourth-order valence-corrected chi connectivity index (χ4v) is 9.04. The normalized spacial score (nSPS) is 20.8. The van der Waals surface area contributed by atoms with Crippen LogP contribution in [-0.4, -0.2) is 91.1 Å². The maximum atomic E-state index is 13.8. The molecule has 4 rings (SSSR count). The van der Waals surface area contributed by atoms with Crippen LogP contribution in [0.25, 0.3) is 0 Å². The van der Waals surface area contributed by atoms with Crippen molar-refractivity contribution in [1.29, 1.82) is 0 Å². The molecule has 5 atom stereocenters. The Kier molecular flexibility index (Phi) is 14.0. The minimum Gasteiger partial charge on any atom is -0.480 e. The quantitative estimate of drug-likeness (QED) is 0.0618. The molecule has 0 spiro atoms. The minimum atomic E-state index is -2.21. The molecule has 1 fully saturated rings. The fraction of sp³-hybridized carbons (Fsp3) is 0.600. The van der Waals surface area contributed by atoms with E-state index in [0.717, 1.165) is 54.4 Å². The molecular formula is C35H48N4O10S. The number of carboxylic acid groups (broad SMARTS) is 2. The van der Waals surface area contributed by atoms with Crippen molar-refractivity contribution in [2.24, 2.45) is 17.1 Å². The summed E-state index contributed by atoms with van der Waals surface area (Å²) in [5.74, 6) is -5.00. The highest BCUT2D eigenvalue weighted by Crippen LogP contribution is 2.55. The molecule has 0 saturated heterocycles. The number of allylic oxidation sites excluding steroid dienone is 1. The number of nitrogens with one attached hydrogen (secondary N) is 2. The molecule has 15 heteroatoms. The van der Waals surface area contributed by atoms with Gasteiger partial charge in [-0.3, -0.25) is 24.2 Å². The molecular weight excluding hydrogens is 668 g/mol. The first-order chi connectivity index (χ1) is 23.9. The van der Waals surface area contributed by atoms with Crippen LogP contribution in [0, 0.1) is 11.3 Å². The monoisotopic (exact) mass is 716 g/mol. The molecule has 2 heterocycles. The van der Waals surface area contributed by atoms with Crippen molar-refractivity contribution in [2.75, 3.05) is 12.4 Å². The van der Waals surface area contributed by atoms with Gasteiger partial charge in [-0.1, -0.05) is 30.9 Å². The van der Waals surface area contributed by atoms with Crippen molar-refractivity contribution in [3.63, 3.8) is 0 Å². The van der Waals surface area contributed by atoms with E-state index in [1.54, 1.807) is 12.4 Å². The topological polar surface area (TPSA) is 238 Å². The summed E-state index contributed by atoms with van der Waals surface area (Å²) in [5.41, 5.74) is 9.34. The number of fused-ring (bicyclic) bond motifs is 1. The summed E-state index contributed by atoms with van der Waals surface area (Å²) in [6.07, 6.45) is 8.17. The number of carboxylic acids is 2. The predicted octanol–water partition coefficient (Wildman–Crippen LogP) is 2.18. The number of ether oxygens (including phenoxy) is 1. The van der Waals surface area contributed by atoms with Gasteiger partial charge < -0.3 is 41.5 Å². The smallest absolute Gasteiger partial charge is 0.353 e. The van der Waals surface area contributed by atoms with E-state index in [2.05, 4.69) is 17.2 Å². The molecule has 14 nitrogen and oxygen atoms in total. The zero-order chi connectivity index (χ0) is 36.4. The average Bonchev–Trinajstić information content (AvgIpc) is 3.71. The number of rotatable bonds is 19. The molecule has 2 amide bonds. The number of esters is 1. The van der Waals surface area contributed by atoms with Gasteiger partial charge in [0.25, 0.3) is 0 Å². The number of nitrogens with two attached hydrogens (primary N) is 1.